The summed E-state index contributed by atoms with van der Waals surface area (Å²) in [7, 11) is 0. The second-order valence-electron chi connectivity index (χ2n) is 9.33. The second kappa shape index (κ2) is 10.5. The van der Waals surface area contributed by atoms with Gasteiger partial charge < -0.3 is 19.4 Å². The molecule has 0 unspecified atom stereocenters. The number of nitrogens with zero attached hydrogens (tertiary/aromatic N) is 6. The van der Waals surface area contributed by atoms with Crippen LogP contribution in [0.25, 0.3) is 0 Å². The minimum Gasteiger partial charge on any atom is -0.373 e. The van der Waals surface area contributed by atoms with Gasteiger partial charge in [-0.3, -0.25) is 4.90 Å². The third kappa shape index (κ3) is 5.46. The first-order valence-corrected chi connectivity index (χ1v) is 11.6. The highest BCUT2D eigenvalue weighted by atomic mass is 16.5. The first-order chi connectivity index (χ1) is 14.4. The zero-order chi connectivity index (χ0) is 21.7. The third-order valence-corrected chi connectivity index (χ3v) is 6.70. The number of nitriles is 2. The van der Waals surface area contributed by atoms with Gasteiger partial charge in [-0.25, -0.2) is 0 Å². The van der Waals surface area contributed by atoms with Crippen molar-refractivity contribution in [2.75, 3.05) is 52.4 Å². The van der Waals surface area contributed by atoms with E-state index >= 15 is 0 Å². The van der Waals surface area contributed by atoms with Crippen molar-refractivity contribution in [2.45, 2.75) is 71.2 Å². The van der Waals surface area contributed by atoms with E-state index in [1.165, 1.54) is 0 Å². The van der Waals surface area contributed by atoms with Gasteiger partial charge in [0.2, 0.25) is 0 Å². The molecule has 0 saturated carbocycles. The zero-order valence-electron chi connectivity index (χ0n) is 19.2. The highest BCUT2D eigenvalue weighted by Gasteiger charge is 2.35. The summed E-state index contributed by atoms with van der Waals surface area (Å²) >= 11 is 0. The average molecular weight is 415 g/mol. The molecule has 0 radical (unpaired) electrons. The van der Waals surface area contributed by atoms with Crippen LogP contribution in [0, 0.1) is 22.7 Å². The molecule has 3 heterocycles. The minimum atomic E-state index is 0.271. The van der Waals surface area contributed by atoms with E-state index in [1.54, 1.807) is 0 Å². The topological polar surface area (TPSA) is 69.8 Å². The van der Waals surface area contributed by atoms with E-state index in [0.717, 1.165) is 77.4 Å². The molecule has 3 rings (SSSR count). The molecule has 3 aliphatic rings. The van der Waals surface area contributed by atoms with Gasteiger partial charge in [-0.1, -0.05) is 0 Å². The Bertz CT molecular complexity index is 659. The Kier molecular flexibility index (Phi) is 7.99. The highest BCUT2D eigenvalue weighted by Crippen LogP contribution is 2.29. The summed E-state index contributed by atoms with van der Waals surface area (Å²) in [5.41, 5.74) is 0.271. The molecule has 166 valence electrons. The molecule has 0 amide bonds. The van der Waals surface area contributed by atoms with E-state index in [2.05, 4.69) is 59.4 Å². The molecule has 3 saturated heterocycles. The van der Waals surface area contributed by atoms with Crippen LogP contribution in [-0.2, 0) is 4.74 Å². The molecule has 3 aliphatic heterocycles. The Balaban J connectivity index is 1.61. The van der Waals surface area contributed by atoms with E-state index in [0.29, 0.717) is 12.1 Å². The number of piperidine rings is 1. The van der Waals surface area contributed by atoms with Crippen molar-refractivity contribution in [3.05, 3.63) is 11.4 Å². The molecule has 7 heteroatoms. The molecular weight excluding hydrogens is 376 g/mol. The quantitative estimate of drug-likeness (QED) is 0.617. The maximum absolute atomic E-state index is 9.61. The van der Waals surface area contributed by atoms with Crippen molar-refractivity contribution in [1.82, 2.24) is 19.6 Å². The number of hydrogen-bond donors (Lipinski definition) is 0. The van der Waals surface area contributed by atoms with Crippen molar-refractivity contribution in [3.63, 3.8) is 0 Å². The number of morpholine rings is 1. The predicted octanol–water partition coefficient (Wildman–Crippen LogP) is 2.23. The SMILES string of the molecule is CC(C)N1CCC(N2CCN(CCCN3C[C@@H](C)O[C@@H](C)C3)C2=C(C#N)C#N)CC1. The van der Waals surface area contributed by atoms with Crippen LogP contribution in [0.3, 0.4) is 0 Å². The molecule has 30 heavy (non-hydrogen) atoms. The van der Waals surface area contributed by atoms with Crippen LogP contribution in [0.15, 0.2) is 11.4 Å². The molecule has 0 aromatic rings. The number of rotatable bonds is 6. The van der Waals surface area contributed by atoms with Gasteiger partial charge in [0.05, 0.1) is 12.2 Å². The lowest BCUT2D eigenvalue weighted by molar-refractivity contribution is -0.0683. The molecule has 7 nitrogen and oxygen atoms in total. The summed E-state index contributed by atoms with van der Waals surface area (Å²) in [5, 5.41) is 19.2. The van der Waals surface area contributed by atoms with Crippen LogP contribution >= 0.6 is 0 Å². The Morgan fingerprint density at radius 3 is 2.20 bits per heavy atom. The summed E-state index contributed by atoms with van der Waals surface area (Å²) in [5.74, 6) is 0.881. The maximum Gasteiger partial charge on any atom is 0.169 e. The van der Waals surface area contributed by atoms with Gasteiger partial charge in [-0.05, 0) is 47.0 Å². The summed E-state index contributed by atoms with van der Waals surface area (Å²) in [4.78, 5) is 9.64. The van der Waals surface area contributed by atoms with Gasteiger partial charge >= 0.3 is 0 Å². The molecule has 0 aromatic carbocycles. The molecular formula is C23H38N6O. The second-order valence-corrected chi connectivity index (χ2v) is 9.33. The molecule has 3 fully saturated rings. The lowest BCUT2D eigenvalue weighted by atomic mass is 10.0. The van der Waals surface area contributed by atoms with Gasteiger partial charge in [0.1, 0.15) is 18.0 Å². The van der Waals surface area contributed by atoms with Crippen LogP contribution in [0.2, 0.25) is 0 Å². The van der Waals surface area contributed by atoms with Crippen LogP contribution in [0.5, 0.6) is 0 Å². The van der Waals surface area contributed by atoms with Crippen molar-refractivity contribution in [2.24, 2.45) is 0 Å². The average Bonchev–Trinajstić information content (AvgIpc) is 3.12. The van der Waals surface area contributed by atoms with E-state index in [9.17, 15) is 10.5 Å². The van der Waals surface area contributed by atoms with Crippen molar-refractivity contribution < 1.29 is 4.74 Å². The van der Waals surface area contributed by atoms with Crippen LogP contribution in [0.1, 0.15) is 47.0 Å². The van der Waals surface area contributed by atoms with E-state index < -0.39 is 0 Å². The largest absolute Gasteiger partial charge is 0.373 e. The summed E-state index contributed by atoms with van der Waals surface area (Å²) in [6.07, 6.45) is 3.80. The monoisotopic (exact) mass is 414 g/mol. The number of hydrogen-bond acceptors (Lipinski definition) is 7. The fraction of sp³-hybridized carbons (Fsp3) is 0.826. The van der Waals surface area contributed by atoms with Gasteiger partial charge in [-0.15, -0.1) is 0 Å². The standard InChI is InChI=1S/C23H38N6O/c1-18(2)27-10-6-22(7-11-27)29-13-12-28(23(29)21(14-24)15-25)9-5-8-26-16-19(3)30-20(4)17-26/h18-20,22H,5-13,16-17H2,1-4H3/t19-,20+. The molecule has 0 spiro atoms. The fourth-order valence-corrected chi connectivity index (χ4v) is 5.29. The summed E-state index contributed by atoms with van der Waals surface area (Å²) < 4.78 is 5.84. The Morgan fingerprint density at radius 1 is 1.00 bits per heavy atom. The van der Waals surface area contributed by atoms with E-state index in [1.807, 2.05) is 0 Å². The van der Waals surface area contributed by atoms with Crippen LogP contribution < -0.4 is 0 Å². The van der Waals surface area contributed by atoms with E-state index in [4.69, 9.17) is 4.74 Å². The number of allylic oxidation sites excluding steroid dienone is 1. The van der Waals surface area contributed by atoms with Gasteiger partial charge in [0, 0.05) is 64.4 Å². The van der Waals surface area contributed by atoms with Gasteiger partial charge in [-0.2, -0.15) is 10.5 Å². The van der Waals surface area contributed by atoms with Crippen molar-refractivity contribution >= 4 is 0 Å². The molecule has 0 bridgehead atoms. The lowest BCUT2D eigenvalue weighted by Crippen LogP contribution is -2.46. The Hall–Kier alpha value is -1.80. The van der Waals surface area contributed by atoms with Crippen LogP contribution in [-0.4, -0.2) is 96.2 Å². The molecule has 2 atom stereocenters. The van der Waals surface area contributed by atoms with Crippen molar-refractivity contribution in [3.8, 4) is 12.1 Å². The molecule has 0 aliphatic carbocycles. The Morgan fingerprint density at radius 2 is 1.63 bits per heavy atom. The number of ether oxygens (including phenoxy) is 1. The predicted molar refractivity (Wildman–Crippen MR) is 117 cm³/mol. The summed E-state index contributed by atoms with van der Waals surface area (Å²) in [6.45, 7) is 16.7. The van der Waals surface area contributed by atoms with E-state index in [-0.39, 0.29) is 17.8 Å². The molecule has 0 N–H and O–H groups in total. The van der Waals surface area contributed by atoms with Gasteiger partial charge in [0.15, 0.2) is 5.57 Å². The lowest BCUT2D eigenvalue weighted by Gasteiger charge is -2.40. The van der Waals surface area contributed by atoms with Gasteiger partial charge in [0.25, 0.3) is 0 Å². The first-order valence-electron chi connectivity index (χ1n) is 11.6. The molecule has 0 aromatic heterocycles. The van der Waals surface area contributed by atoms with Crippen molar-refractivity contribution in [1.29, 1.82) is 10.5 Å². The zero-order valence-corrected chi connectivity index (χ0v) is 19.2. The minimum absolute atomic E-state index is 0.271. The smallest absolute Gasteiger partial charge is 0.169 e. The maximum atomic E-state index is 9.61. The summed E-state index contributed by atoms with van der Waals surface area (Å²) in [6, 6.07) is 5.35. The normalized spacial score (nSPS) is 26.8. The highest BCUT2D eigenvalue weighted by molar-refractivity contribution is 5.40. The first kappa shape index (κ1) is 22.9. The van der Waals surface area contributed by atoms with Crippen LogP contribution in [0.4, 0.5) is 0 Å². The number of likely N-dealkylation sites (tertiary alicyclic amines) is 1. The Labute approximate surface area is 182 Å². The fourth-order valence-electron chi connectivity index (χ4n) is 5.29. The third-order valence-electron chi connectivity index (χ3n) is 6.70.